The fourth-order valence-corrected chi connectivity index (χ4v) is 3.31. The predicted octanol–water partition coefficient (Wildman–Crippen LogP) is 1.51. The van der Waals surface area contributed by atoms with Gasteiger partial charge in [0.1, 0.15) is 5.69 Å². The van der Waals surface area contributed by atoms with E-state index >= 15 is 0 Å². The van der Waals surface area contributed by atoms with Crippen LogP contribution >= 0.6 is 11.3 Å². The molecule has 3 rings (SSSR count). The van der Waals surface area contributed by atoms with Crippen molar-refractivity contribution in [3.8, 4) is 0 Å². The fraction of sp³-hybridized carbons (Fsp3) is 0.429. The van der Waals surface area contributed by atoms with Gasteiger partial charge in [0.15, 0.2) is 5.13 Å². The Morgan fingerprint density at radius 1 is 1.38 bits per heavy atom. The van der Waals surface area contributed by atoms with E-state index in [1.54, 1.807) is 17.4 Å². The van der Waals surface area contributed by atoms with Crippen LogP contribution in [0.15, 0.2) is 23.8 Å². The summed E-state index contributed by atoms with van der Waals surface area (Å²) >= 11 is 1.64. The van der Waals surface area contributed by atoms with Crippen LogP contribution in [-0.4, -0.2) is 46.5 Å². The number of hydrogen-bond acceptors (Lipinski definition) is 5. The number of nitrogens with two attached hydrogens (primary N) is 1. The Bertz CT molecular complexity index is 613. The predicted molar refractivity (Wildman–Crippen MR) is 84.7 cm³/mol. The van der Waals surface area contributed by atoms with Crippen molar-refractivity contribution in [1.82, 2.24) is 14.5 Å². The Kier molecular flexibility index (Phi) is 3.83. The summed E-state index contributed by atoms with van der Waals surface area (Å²) in [6.45, 7) is 5.83. The lowest BCUT2D eigenvalue weighted by Gasteiger charge is -2.34. The lowest BCUT2D eigenvalue weighted by atomic mass is 10.3. The molecule has 1 aliphatic rings. The molecule has 6 nitrogen and oxygen atoms in total. The zero-order chi connectivity index (χ0) is 14.8. The van der Waals surface area contributed by atoms with Crippen molar-refractivity contribution >= 4 is 28.1 Å². The summed E-state index contributed by atoms with van der Waals surface area (Å²) in [6.07, 6.45) is 3.63. The van der Waals surface area contributed by atoms with Crippen molar-refractivity contribution in [2.45, 2.75) is 13.5 Å². The molecule has 21 heavy (non-hydrogen) atoms. The number of aromatic nitrogens is 2. The molecule has 0 aromatic carbocycles. The van der Waals surface area contributed by atoms with E-state index in [1.807, 2.05) is 34.2 Å². The van der Waals surface area contributed by atoms with Crippen molar-refractivity contribution in [1.29, 1.82) is 0 Å². The summed E-state index contributed by atoms with van der Waals surface area (Å²) in [5, 5.41) is 3.01. The van der Waals surface area contributed by atoms with Gasteiger partial charge in [-0.05, 0) is 13.0 Å². The number of carbonyl (C=O) groups is 1. The zero-order valence-electron chi connectivity index (χ0n) is 12.0. The Balaban J connectivity index is 1.67. The van der Waals surface area contributed by atoms with Crippen LogP contribution in [0, 0.1) is 0 Å². The average Bonchev–Trinajstić information content (AvgIpc) is 3.16. The number of rotatable bonds is 3. The van der Waals surface area contributed by atoms with Gasteiger partial charge in [0.05, 0.1) is 5.69 Å². The zero-order valence-corrected chi connectivity index (χ0v) is 12.8. The van der Waals surface area contributed by atoms with Gasteiger partial charge in [-0.2, -0.15) is 0 Å². The van der Waals surface area contributed by atoms with Gasteiger partial charge in [0, 0.05) is 50.5 Å². The number of anilines is 2. The van der Waals surface area contributed by atoms with Crippen molar-refractivity contribution in [2.24, 2.45) is 0 Å². The van der Waals surface area contributed by atoms with E-state index in [9.17, 15) is 4.79 Å². The molecule has 0 bridgehead atoms. The first kappa shape index (κ1) is 13.9. The van der Waals surface area contributed by atoms with Gasteiger partial charge < -0.3 is 20.1 Å². The first-order valence-corrected chi connectivity index (χ1v) is 7.96. The summed E-state index contributed by atoms with van der Waals surface area (Å²) in [5.41, 5.74) is 7.12. The van der Waals surface area contributed by atoms with Crippen molar-refractivity contribution in [2.75, 3.05) is 36.8 Å². The molecule has 0 unspecified atom stereocenters. The number of nitrogen functional groups attached to an aromatic ring is 1. The van der Waals surface area contributed by atoms with Gasteiger partial charge in [-0.15, -0.1) is 11.3 Å². The van der Waals surface area contributed by atoms with Crippen LogP contribution in [0.4, 0.5) is 10.8 Å². The third-order valence-corrected chi connectivity index (χ3v) is 4.57. The highest BCUT2D eigenvalue weighted by Crippen LogP contribution is 2.20. The molecule has 0 aliphatic carbocycles. The maximum absolute atomic E-state index is 12.6. The number of piperazine rings is 1. The van der Waals surface area contributed by atoms with Crippen LogP contribution in [-0.2, 0) is 6.54 Å². The molecule has 0 radical (unpaired) electrons. The first-order chi connectivity index (χ1) is 10.2. The highest BCUT2D eigenvalue weighted by molar-refractivity contribution is 7.13. The Morgan fingerprint density at radius 2 is 2.14 bits per heavy atom. The highest BCUT2D eigenvalue weighted by atomic mass is 32.1. The second-order valence-corrected chi connectivity index (χ2v) is 5.91. The van der Waals surface area contributed by atoms with Gasteiger partial charge in [-0.3, -0.25) is 4.79 Å². The minimum absolute atomic E-state index is 0.0624. The number of thiazole rings is 1. The maximum Gasteiger partial charge on any atom is 0.270 e. The molecular weight excluding hydrogens is 286 g/mol. The van der Waals surface area contributed by atoms with Crippen molar-refractivity contribution in [3.63, 3.8) is 0 Å². The molecule has 0 spiro atoms. The smallest absolute Gasteiger partial charge is 0.270 e. The SMILES string of the molecule is CCn1cc(N)cc1C(=O)N1CCN(c2nccs2)CC1. The molecule has 1 saturated heterocycles. The molecule has 112 valence electrons. The van der Waals surface area contributed by atoms with Crippen LogP contribution in [0.2, 0.25) is 0 Å². The number of hydrogen-bond donors (Lipinski definition) is 1. The number of carbonyl (C=O) groups excluding carboxylic acids is 1. The monoisotopic (exact) mass is 305 g/mol. The molecule has 0 saturated carbocycles. The molecule has 2 N–H and O–H groups in total. The largest absolute Gasteiger partial charge is 0.397 e. The van der Waals surface area contributed by atoms with Gasteiger partial charge in [0.25, 0.3) is 5.91 Å². The van der Waals surface area contributed by atoms with Gasteiger partial charge >= 0.3 is 0 Å². The molecule has 7 heteroatoms. The van der Waals surface area contributed by atoms with E-state index in [4.69, 9.17) is 5.73 Å². The van der Waals surface area contributed by atoms with E-state index in [-0.39, 0.29) is 5.91 Å². The lowest BCUT2D eigenvalue weighted by molar-refractivity contribution is 0.0736. The quantitative estimate of drug-likeness (QED) is 0.933. The third-order valence-electron chi connectivity index (χ3n) is 3.73. The van der Waals surface area contributed by atoms with Gasteiger partial charge in [-0.1, -0.05) is 0 Å². The Morgan fingerprint density at radius 3 is 2.76 bits per heavy atom. The van der Waals surface area contributed by atoms with E-state index in [2.05, 4.69) is 9.88 Å². The number of nitrogens with zero attached hydrogens (tertiary/aromatic N) is 4. The second-order valence-electron chi connectivity index (χ2n) is 5.04. The molecular formula is C14H19N5OS. The molecule has 3 heterocycles. The molecule has 1 fully saturated rings. The normalized spacial score (nSPS) is 15.5. The molecule has 2 aromatic heterocycles. The summed E-state index contributed by atoms with van der Waals surface area (Å²) < 4.78 is 1.91. The summed E-state index contributed by atoms with van der Waals surface area (Å²) in [5.74, 6) is 0.0624. The Hall–Kier alpha value is -2.02. The summed E-state index contributed by atoms with van der Waals surface area (Å²) in [4.78, 5) is 21.0. The van der Waals surface area contributed by atoms with Gasteiger partial charge in [-0.25, -0.2) is 4.98 Å². The standard InChI is InChI=1S/C14H19N5OS/c1-2-17-10-11(15)9-12(17)13(20)18-4-6-19(7-5-18)14-16-3-8-21-14/h3,8-10H,2,4-7,15H2,1H3. The number of amides is 1. The first-order valence-electron chi connectivity index (χ1n) is 7.08. The maximum atomic E-state index is 12.6. The fourth-order valence-electron chi connectivity index (χ4n) is 2.61. The minimum Gasteiger partial charge on any atom is -0.397 e. The van der Waals surface area contributed by atoms with E-state index in [0.717, 1.165) is 24.8 Å². The summed E-state index contributed by atoms with van der Waals surface area (Å²) in [6, 6.07) is 1.76. The molecule has 2 aromatic rings. The van der Waals surface area contributed by atoms with Crippen molar-refractivity contribution in [3.05, 3.63) is 29.5 Å². The van der Waals surface area contributed by atoms with E-state index in [1.165, 1.54) is 0 Å². The minimum atomic E-state index is 0.0624. The van der Waals surface area contributed by atoms with Crippen molar-refractivity contribution < 1.29 is 4.79 Å². The van der Waals surface area contributed by atoms with E-state index < -0.39 is 0 Å². The van der Waals surface area contributed by atoms with Crippen LogP contribution in [0.3, 0.4) is 0 Å². The van der Waals surface area contributed by atoms with Crippen LogP contribution in [0.5, 0.6) is 0 Å². The Labute approximate surface area is 127 Å². The molecule has 1 aliphatic heterocycles. The van der Waals surface area contributed by atoms with Crippen LogP contribution in [0.25, 0.3) is 0 Å². The summed E-state index contributed by atoms with van der Waals surface area (Å²) in [7, 11) is 0. The van der Waals surface area contributed by atoms with Crippen LogP contribution < -0.4 is 10.6 Å². The molecule has 1 amide bonds. The molecule has 0 atom stereocenters. The topological polar surface area (TPSA) is 67.4 Å². The second kappa shape index (κ2) is 5.77. The lowest BCUT2D eigenvalue weighted by Crippen LogP contribution is -2.49. The third kappa shape index (κ3) is 2.73. The van der Waals surface area contributed by atoms with E-state index in [0.29, 0.717) is 24.5 Å². The highest BCUT2D eigenvalue weighted by Gasteiger charge is 2.25. The van der Waals surface area contributed by atoms with Crippen LogP contribution in [0.1, 0.15) is 17.4 Å². The average molecular weight is 305 g/mol. The van der Waals surface area contributed by atoms with Gasteiger partial charge in [0.2, 0.25) is 0 Å². The number of aryl methyl sites for hydroxylation is 1.